The van der Waals surface area contributed by atoms with Crippen molar-refractivity contribution in [2.75, 3.05) is 7.11 Å². The van der Waals surface area contributed by atoms with E-state index in [0.717, 1.165) is 24.2 Å². The average molecular weight is 282 g/mol. The van der Waals surface area contributed by atoms with Gasteiger partial charge in [-0.1, -0.05) is 42.0 Å². The Morgan fingerprint density at radius 1 is 1.14 bits per heavy atom. The van der Waals surface area contributed by atoms with Crippen LogP contribution in [0.3, 0.4) is 0 Å². The first-order valence-electron chi connectivity index (χ1n) is 7.55. The molecule has 0 saturated heterocycles. The van der Waals surface area contributed by atoms with E-state index in [1.165, 1.54) is 16.7 Å². The SMILES string of the molecule is COc1ccc(C)cc1CC(O)C1Cc2ccccc2C1. The molecule has 0 aliphatic heterocycles. The lowest BCUT2D eigenvalue weighted by Crippen LogP contribution is -2.23. The molecule has 110 valence electrons. The Balaban J connectivity index is 1.73. The van der Waals surface area contributed by atoms with Gasteiger partial charge in [0.05, 0.1) is 13.2 Å². The van der Waals surface area contributed by atoms with Gasteiger partial charge in [0.2, 0.25) is 0 Å². The van der Waals surface area contributed by atoms with Crippen LogP contribution in [0, 0.1) is 12.8 Å². The number of methoxy groups -OCH3 is 1. The maximum absolute atomic E-state index is 10.6. The van der Waals surface area contributed by atoms with Gasteiger partial charge < -0.3 is 9.84 Å². The molecule has 2 aromatic rings. The highest BCUT2D eigenvalue weighted by Crippen LogP contribution is 2.31. The van der Waals surface area contributed by atoms with Crippen LogP contribution in [-0.2, 0) is 19.3 Å². The molecule has 1 N–H and O–H groups in total. The van der Waals surface area contributed by atoms with Crippen LogP contribution in [-0.4, -0.2) is 18.3 Å². The smallest absolute Gasteiger partial charge is 0.122 e. The predicted molar refractivity (Wildman–Crippen MR) is 84.8 cm³/mol. The molecule has 0 spiro atoms. The van der Waals surface area contributed by atoms with Crippen LogP contribution in [0.15, 0.2) is 42.5 Å². The zero-order chi connectivity index (χ0) is 14.8. The van der Waals surface area contributed by atoms with Crippen molar-refractivity contribution in [2.45, 2.75) is 32.3 Å². The molecule has 0 fully saturated rings. The van der Waals surface area contributed by atoms with E-state index in [0.29, 0.717) is 12.3 Å². The van der Waals surface area contributed by atoms with Crippen LogP contribution in [0.25, 0.3) is 0 Å². The molecule has 1 atom stereocenters. The molecule has 2 nitrogen and oxygen atoms in total. The lowest BCUT2D eigenvalue weighted by molar-refractivity contribution is 0.112. The zero-order valence-corrected chi connectivity index (χ0v) is 12.7. The molecule has 1 aliphatic carbocycles. The molecule has 0 aromatic heterocycles. The third-order valence-corrected chi connectivity index (χ3v) is 4.49. The number of ether oxygens (including phenoxy) is 1. The van der Waals surface area contributed by atoms with Gasteiger partial charge in [0.1, 0.15) is 5.75 Å². The van der Waals surface area contributed by atoms with E-state index in [9.17, 15) is 5.11 Å². The number of aliphatic hydroxyl groups excluding tert-OH is 1. The lowest BCUT2D eigenvalue weighted by Gasteiger charge is -2.19. The Morgan fingerprint density at radius 3 is 2.43 bits per heavy atom. The Morgan fingerprint density at radius 2 is 1.81 bits per heavy atom. The van der Waals surface area contributed by atoms with E-state index in [-0.39, 0.29) is 6.10 Å². The molecule has 3 rings (SSSR count). The lowest BCUT2D eigenvalue weighted by atomic mass is 9.93. The van der Waals surface area contributed by atoms with Crippen molar-refractivity contribution in [2.24, 2.45) is 5.92 Å². The first kappa shape index (κ1) is 14.2. The van der Waals surface area contributed by atoms with Crippen molar-refractivity contribution in [3.63, 3.8) is 0 Å². The second kappa shape index (κ2) is 5.90. The number of aryl methyl sites for hydroxylation is 1. The Bertz CT molecular complexity index is 608. The molecule has 0 radical (unpaired) electrons. The molecule has 1 aliphatic rings. The fraction of sp³-hybridized carbons (Fsp3) is 0.368. The standard InChI is InChI=1S/C19H22O2/c1-13-7-8-19(21-2)17(9-13)12-18(20)16-10-14-5-3-4-6-15(14)11-16/h3-9,16,18,20H,10-12H2,1-2H3. The van der Waals surface area contributed by atoms with Crippen molar-refractivity contribution in [3.05, 3.63) is 64.7 Å². The zero-order valence-electron chi connectivity index (χ0n) is 12.7. The van der Waals surface area contributed by atoms with Gasteiger partial charge in [0.25, 0.3) is 0 Å². The van der Waals surface area contributed by atoms with Crippen molar-refractivity contribution in [1.29, 1.82) is 0 Å². The van der Waals surface area contributed by atoms with Crippen LogP contribution >= 0.6 is 0 Å². The second-order valence-corrected chi connectivity index (χ2v) is 6.02. The largest absolute Gasteiger partial charge is 0.496 e. The number of benzene rings is 2. The minimum Gasteiger partial charge on any atom is -0.496 e. The third kappa shape index (κ3) is 2.96. The molecule has 0 saturated carbocycles. The van der Waals surface area contributed by atoms with Crippen molar-refractivity contribution in [3.8, 4) is 5.75 Å². The maximum Gasteiger partial charge on any atom is 0.122 e. The summed E-state index contributed by atoms with van der Waals surface area (Å²) in [5.74, 6) is 1.18. The Hall–Kier alpha value is -1.80. The molecule has 0 amide bonds. The van der Waals surface area contributed by atoms with Gasteiger partial charge in [-0.3, -0.25) is 0 Å². The summed E-state index contributed by atoms with van der Waals surface area (Å²) in [7, 11) is 1.69. The fourth-order valence-electron chi connectivity index (χ4n) is 3.32. The molecule has 2 aromatic carbocycles. The number of hydrogen-bond donors (Lipinski definition) is 1. The quantitative estimate of drug-likeness (QED) is 0.932. The average Bonchev–Trinajstić information content (AvgIpc) is 2.91. The van der Waals surface area contributed by atoms with E-state index in [2.05, 4.69) is 37.3 Å². The number of hydrogen-bond acceptors (Lipinski definition) is 2. The van der Waals surface area contributed by atoms with Crippen LogP contribution in [0.5, 0.6) is 5.75 Å². The highest BCUT2D eigenvalue weighted by Gasteiger charge is 2.27. The van der Waals surface area contributed by atoms with E-state index < -0.39 is 0 Å². The Kier molecular flexibility index (Phi) is 3.98. The maximum atomic E-state index is 10.6. The summed E-state index contributed by atoms with van der Waals surface area (Å²) in [5, 5.41) is 10.6. The third-order valence-electron chi connectivity index (χ3n) is 4.49. The Labute approximate surface area is 126 Å². The molecular formula is C19H22O2. The molecule has 21 heavy (non-hydrogen) atoms. The topological polar surface area (TPSA) is 29.5 Å². The van der Waals surface area contributed by atoms with Crippen molar-refractivity contribution < 1.29 is 9.84 Å². The predicted octanol–water partition coefficient (Wildman–Crippen LogP) is 3.32. The summed E-state index contributed by atoms with van der Waals surface area (Å²) in [5.41, 5.74) is 5.07. The van der Waals surface area contributed by atoms with Gasteiger partial charge in [0.15, 0.2) is 0 Å². The second-order valence-electron chi connectivity index (χ2n) is 6.02. The fourth-order valence-corrected chi connectivity index (χ4v) is 3.32. The van der Waals surface area contributed by atoms with Crippen LogP contribution in [0.2, 0.25) is 0 Å². The van der Waals surface area contributed by atoms with Gasteiger partial charge in [-0.2, -0.15) is 0 Å². The molecule has 2 heteroatoms. The van der Waals surface area contributed by atoms with Crippen LogP contribution in [0.4, 0.5) is 0 Å². The molecule has 1 unspecified atom stereocenters. The van der Waals surface area contributed by atoms with Crippen molar-refractivity contribution >= 4 is 0 Å². The highest BCUT2D eigenvalue weighted by atomic mass is 16.5. The van der Waals surface area contributed by atoms with Crippen LogP contribution in [0.1, 0.15) is 22.3 Å². The summed E-state index contributed by atoms with van der Waals surface area (Å²) in [6.07, 6.45) is 2.29. The number of fused-ring (bicyclic) bond motifs is 1. The van der Waals surface area contributed by atoms with E-state index in [1.807, 2.05) is 12.1 Å². The van der Waals surface area contributed by atoms with Gasteiger partial charge in [-0.15, -0.1) is 0 Å². The number of rotatable bonds is 4. The number of aliphatic hydroxyl groups is 1. The van der Waals surface area contributed by atoms with Gasteiger partial charge >= 0.3 is 0 Å². The highest BCUT2D eigenvalue weighted by molar-refractivity contribution is 5.38. The first-order chi connectivity index (χ1) is 10.2. The van der Waals surface area contributed by atoms with Gasteiger partial charge in [-0.25, -0.2) is 0 Å². The molecule has 0 bridgehead atoms. The summed E-state index contributed by atoms with van der Waals surface area (Å²) >= 11 is 0. The van der Waals surface area contributed by atoms with Crippen LogP contribution < -0.4 is 4.74 Å². The van der Waals surface area contributed by atoms with Gasteiger partial charge in [0, 0.05) is 6.42 Å². The summed E-state index contributed by atoms with van der Waals surface area (Å²) in [6, 6.07) is 14.7. The summed E-state index contributed by atoms with van der Waals surface area (Å²) < 4.78 is 5.41. The minimum absolute atomic E-state index is 0.313. The van der Waals surface area contributed by atoms with E-state index >= 15 is 0 Å². The van der Waals surface area contributed by atoms with E-state index in [4.69, 9.17) is 4.74 Å². The van der Waals surface area contributed by atoms with Gasteiger partial charge in [-0.05, 0) is 48.4 Å². The van der Waals surface area contributed by atoms with Crippen molar-refractivity contribution in [1.82, 2.24) is 0 Å². The molecular weight excluding hydrogens is 260 g/mol. The minimum atomic E-state index is -0.326. The normalized spacial score (nSPS) is 15.8. The molecule has 0 heterocycles. The monoisotopic (exact) mass is 282 g/mol. The summed E-state index contributed by atoms with van der Waals surface area (Å²) in [4.78, 5) is 0. The van der Waals surface area contributed by atoms with E-state index in [1.54, 1.807) is 7.11 Å². The first-order valence-corrected chi connectivity index (χ1v) is 7.55. The summed E-state index contributed by atoms with van der Waals surface area (Å²) in [6.45, 7) is 2.07.